The lowest BCUT2D eigenvalue weighted by Gasteiger charge is -2.32. The van der Waals surface area contributed by atoms with Gasteiger partial charge in [0.15, 0.2) is 11.5 Å². The lowest BCUT2D eigenvalue weighted by Crippen LogP contribution is -2.47. The predicted octanol–water partition coefficient (Wildman–Crippen LogP) is 2.16. The average Bonchev–Trinajstić information content (AvgIpc) is 3.50. The summed E-state index contributed by atoms with van der Waals surface area (Å²) in [4.78, 5) is 39.1. The van der Waals surface area contributed by atoms with Crippen molar-refractivity contribution >= 4 is 22.8 Å². The molecular formula is C26H29N5O6. The van der Waals surface area contributed by atoms with Crippen molar-refractivity contribution in [1.82, 2.24) is 25.2 Å². The first-order chi connectivity index (χ1) is 18.0. The van der Waals surface area contributed by atoms with E-state index in [9.17, 15) is 9.59 Å². The van der Waals surface area contributed by atoms with E-state index < -0.39 is 6.61 Å². The molecule has 3 N–H and O–H groups in total. The van der Waals surface area contributed by atoms with E-state index in [-0.39, 0.29) is 24.6 Å². The second-order valence-corrected chi connectivity index (χ2v) is 9.78. The number of nitrogens with zero attached hydrogens (tertiary/aromatic N) is 3. The molecule has 3 aromatic rings. The number of likely N-dealkylation sites (tertiary alicyclic amines) is 1. The van der Waals surface area contributed by atoms with Crippen LogP contribution in [-0.4, -0.2) is 75.9 Å². The molecule has 6 rings (SSSR count). The van der Waals surface area contributed by atoms with E-state index in [1.165, 1.54) is 19.2 Å². The fourth-order valence-corrected chi connectivity index (χ4v) is 5.01. The van der Waals surface area contributed by atoms with Crippen LogP contribution in [0.1, 0.15) is 41.7 Å². The summed E-state index contributed by atoms with van der Waals surface area (Å²) in [6, 6.07) is 3.63. The maximum absolute atomic E-state index is 13.4. The smallest absolute Gasteiger partial charge is 0.255 e. The molecule has 11 heteroatoms. The van der Waals surface area contributed by atoms with Crippen LogP contribution in [0.15, 0.2) is 18.5 Å². The topological polar surface area (TPSA) is 139 Å². The molecule has 2 aromatic heterocycles. The van der Waals surface area contributed by atoms with Gasteiger partial charge in [0.1, 0.15) is 29.9 Å². The van der Waals surface area contributed by atoms with Gasteiger partial charge in [0.05, 0.1) is 23.3 Å². The van der Waals surface area contributed by atoms with Crippen LogP contribution < -0.4 is 19.5 Å². The number of amides is 2. The van der Waals surface area contributed by atoms with Crippen molar-refractivity contribution in [3.8, 4) is 28.5 Å². The number of rotatable bonds is 7. The number of piperidine rings is 1. The minimum Gasteiger partial charge on any atom is -0.492 e. The Balaban J connectivity index is 1.31. The highest BCUT2D eigenvalue weighted by Gasteiger charge is 2.30. The Morgan fingerprint density at radius 2 is 2.00 bits per heavy atom. The third-order valence-electron chi connectivity index (χ3n) is 7.23. The lowest BCUT2D eigenvalue weighted by molar-refractivity contribution is -0.135. The molecule has 0 unspecified atom stereocenters. The van der Waals surface area contributed by atoms with Crippen molar-refractivity contribution in [3.05, 3.63) is 29.7 Å². The molecule has 37 heavy (non-hydrogen) atoms. The Hall–Kier alpha value is -3.86. The van der Waals surface area contributed by atoms with Gasteiger partial charge < -0.3 is 34.5 Å². The standard InChI is InChI=1S/C26H29N5O6/c1-14-20(26(34)30-16-6-8-31(9-7-16)19(33)10-32)22-24(29-14)23(28-12-27-22)21-17(35-11-15-2-3-15)4-5-18-25(21)37-13-36-18/h4-5,12,15-16,29,32H,2-3,6-11,13H2,1H3,(H,30,34). The van der Waals surface area contributed by atoms with Gasteiger partial charge in [-0.3, -0.25) is 9.59 Å². The average molecular weight is 508 g/mol. The molecule has 1 saturated heterocycles. The third kappa shape index (κ3) is 4.43. The van der Waals surface area contributed by atoms with Crippen LogP contribution in [0.2, 0.25) is 0 Å². The molecule has 2 aliphatic heterocycles. The summed E-state index contributed by atoms with van der Waals surface area (Å²) in [5, 5.41) is 12.2. The summed E-state index contributed by atoms with van der Waals surface area (Å²) in [6.07, 6.45) is 5.02. The second-order valence-electron chi connectivity index (χ2n) is 9.78. The fourth-order valence-electron chi connectivity index (χ4n) is 5.01. The Labute approximate surface area is 213 Å². The van der Waals surface area contributed by atoms with E-state index in [1.54, 1.807) is 4.90 Å². The molecular weight excluding hydrogens is 478 g/mol. The number of aliphatic hydroxyl groups excluding tert-OH is 1. The molecule has 0 spiro atoms. The minimum atomic E-state index is -0.497. The first-order valence-corrected chi connectivity index (χ1v) is 12.6. The van der Waals surface area contributed by atoms with Gasteiger partial charge >= 0.3 is 0 Å². The molecule has 1 aliphatic carbocycles. The zero-order valence-corrected chi connectivity index (χ0v) is 20.6. The van der Waals surface area contributed by atoms with Gasteiger partial charge in [-0.25, -0.2) is 9.97 Å². The summed E-state index contributed by atoms with van der Waals surface area (Å²) >= 11 is 0. The first kappa shape index (κ1) is 23.5. The van der Waals surface area contributed by atoms with Crippen molar-refractivity contribution in [3.63, 3.8) is 0 Å². The van der Waals surface area contributed by atoms with Gasteiger partial charge in [-0.15, -0.1) is 0 Å². The predicted molar refractivity (Wildman–Crippen MR) is 133 cm³/mol. The quantitative estimate of drug-likeness (QED) is 0.442. The van der Waals surface area contributed by atoms with Crippen LogP contribution in [0.4, 0.5) is 0 Å². The number of hydrogen-bond donors (Lipinski definition) is 3. The molecule has 11 nitrogen and oxygen atoms in total. The van der Waals surface area contributed by atoms with E-state index in [2.05, 4.69) is 20.3 Å². The molecule has 4 heterocycles. The highest BCUT2D eigenvalue weighted by Crippen LogP contribution is 2.48. The SMILES string of the molecule is Cc1[nH]c2c(-c3c(OCC4CC4)ccc4c3OCO4)ncnc2c1C(=O)NC1CCN(C(=O)CO)CC1. The number of aromatic amines is 1. The van der Waals surface area contributed by atoms with Gasteiger partial charge in [0, 0.05) is 24.8 Å². The number of aromatic nitrogens is 3. The summed E-state index contributed by atoms with van der Waals surface area (Å²) < 4.78 is 17.6. The monoisotopic (exact) mass is 507 g/mol. The molecule has 0 radical (unpaired) electrons. The first-order valence-electron chi connectivity index (χ1n) is 12.6. The number of carbonyl (C=O) groups excluding carboxylic acids is 2. The third-order valence-corrected chi connectivity index (χ3v) is 7.23. The maximum atomic E-state index is 13.4. The maximum Gasteiger partial charge on any atom is 0.255 e. The van der Waals surface area contributed by atoms with Crippen molar-refractivity contribution < 1.29 is 28.9 Å². The van der Waals surface area contributed by atoms with Crippen LogP contribution in [0.3, 0.4) is 0 Å². The van der Waals surface area contributed by atoms with E-state index in [1.807, 2.05) is 19.1 Å². The number of H-pyrrole nitrogens is 1. The number of ether oxygens (including phenoxy) is 3. The van der Waals surface area contributed by atoms with E-state index in [4.69, 9.17) is 19.3 Å². The fraction of sp³-hybridized carbons (Fsp3) is 0.462. The van der Waals surface area contributed by atoms with Crippen molar-refractivity contribution in [2.45, 2.75) is 38.6 Å². The molecule has 3 aliphatic rings. The van der Waals surface area contributed by atoms with Crippen LogP contribution >= 0.6 is 0 Å². The number of aryl methyl sites for hydroxylation is 1. The number of fused-ring (bicyclic) bond motifs is 2. The number of nitrogens with one attached hydrogen (secondary N) is 2. The van der Waals surface area contributed by atoms with Crippen LogP contribution in [0, 0.1) is 12.8 Å². The van der Waals surface area contributed by atoms with Gasteiger partial charge in [-0.1, -0.05) is 0 Å². The van der Waals surface area contributed by atoms with E-state index in [0.717, 1.165) is 0 Å². The Kier molecular flexibility index (Phi) is 6.07. The number of carbonyl (C=O) groups is 2. The highest BCUT2D eigenvalue weighted by molar-refractivity contribution is 6.09. The number of benzene rings is 1. The molecule has 194 valence electrons. The Morgan fingerprint density at radius 3 is 2.76 bits per heavy atom. The summed E-state index contributed by atoms with van der Waals surface area (Å²) in [7, 11) is 0. The lowest BCUT2D eigenvalue weighted by atomic mass is 10.0. The van der Waals surface area contributed by atoms with E-state index in [0.29, 0.717) is 89.3 Å². The number of aliphatic hydroxyl groups is 1. The molecule has 2 fully saturated rings. The molecule has 0 atom stereocenters. The second kappa shape index (κ2) is 9.55. The van der Waals surface area contributed by atoms with Crippen LogP contribution in [0.25, 0.3) is 22.3 Å². The van der Waals surface area contributed by atoms with Crippen LogP contribution in [0.5, 0.6) is 17.2 Å². The van der Waals surface area contributed by atoms with Gasteiger partial charge in [-0.05, 0) is 50.7 Å². The normalized spacial score (nSPS) is 17.3. The Bertz CT molecular complexity index is 1360. The van der Waals surface area contributed by atoms with Crippen molar-refractivity contribution in [2.75, 3.05) is 33.1 Å². The molecule has 2 amide bonds. The van der Waals surface area contributed by atoms with E-state index >= 15 is 0 Å². The molecule has 1 saturated carbocycles. The number of hydrogen-bond acceptors (Lipinski definition) is 8. The van der Waals surface area contributed by atoms with Gasteiger partial charge in [-0.2, -0.15) is 0 Å². The molecule has 1 aromatic carbocycles. The Morgan fingerprint density at radius 1 is 1.19 bits per heavy atom. The summed E-state index contributed by atoms with van der Waals surface area (Å²) in [6.45, 7) is 3.07. The van der Waals surface area contributed by atoms with Gasteiger partial charge in [0.25, 0.3) is 5.91 Å². The van der Waals surface area contributed by atoms with Crippen molar-refractivity contribution in [1.29, 1.82) is 0 Å². The summed E-state index contributed by atoms with van der Waals surface area (Å²) in [5.41, 5.74) is 3.52. The van der Waals surface area contributed by atoms with Crippen molar-refractivity contribution in [2.24, 2.45) is 5.92 Å². The molecule has 0 bridgehead atoms. The zero-order valence-electron chi connectivity index (χ0n) is 20.6. The largest absolute Gasteiger partial charge is 0.492 e. The van der Waals surface area contributed by atoms with Gasteiger partial charge in [0.2, 0.25) is 12.7 Å². The zero-order chi connectivity index (χ0) is 25.5. The summed E-state index contributed by atoms with van der Waals surface area (Å²) in [5.74, 6) is 1.88. The van der Waals surface area contributed by atoms with Crippen LogP contribution in [-0.2, 0) is 4.79 Å². The highest BCUT2D eigenvalue weighted by atomic mass is 16.7. The minimum absolute atomic E-state index is 0.0775.